The summed E-state index contributed by atoms with van der Waals surface area (Å²) in [5.41, 5.74) is 1.21. The van der Waals surface area contributed by atoms with Crippen LogP contribution in [0, 0.1) is 12.8 Å². The number of hydrogen-bond acceptors (Lipinski definition) is 8. The molecule has 1 heterocycles. The van der Waals surface area contributed by atoms with E-state index in [9.17, 15) is 26.7 Å². The zero-order valence-electron chi connectivity index (χ0n) is 28.5. The molecule has 3 aromatic rings. The fraction of sp³-hybridized carbons (Fsp3) is 0.457. The maximum absolute atomic E-state index is 14.4. The molecule has 0 saturated heterocycles. The molecule has 14 heteroatoms. The Kier molecular flexibility index (Phi) is 13.1. The van der Waals surface area contributed by atoms with Crippen molar-refractivity contribution in [3.05, 3.63) is 82.9 Å². The highest BCUT2D eigenvalue weighted by molar-refractivity contribution is 7.92. The first-order valence-electron chi connectivity index (χ1n) is 16.3. The van der Waals surface area contributed by atoms with E-state index in [4.69, 9.17) is 21.1 Å². The molecule has 0 unspecified atom stereocenters. The predicted octanol–water partition coefficient (Wildman–Crippen LogP) is 5.57. The summed E-state index contributed by atoms with van der Waals surface area (Å²) in [5.74, 6) is -0.572. The van der Waals surface area contributed by atoms with Crippen molar-refractivity contribution in [2.45, 2.75) is 75.0 Å². The van der Waals surface area contributed by atoms with Crippen LogP contribution in [0.5, 0.6) is 5.75 Å². The third-order valence-electron chi connectivity index (χ3n) is 8.59. The number of hydrogen-bond donors (Lipinski definition) is 2. The zero-order chi connectivity index (χ0) is 35.9. The lowest BCUT2D eigenvalue weighted by Crippen LogP contribution is -2.48. The lowest BCUT2D eigenvalue weighted by molar-refractivity contribution is -0.00833. The largest absolute Gasteiger partial charge is 0.490 e. The van der Waals surface area contributed by atoms with E-state index in [0.717, 1.165) is 12.0 Å². The quantitative estimate of drug-likeness (QED) is 0.291. The number of aryl methyl sites for hydroxylation is 1. The zero-order valence-corrected chi connectivity index (χ0v) is 30.9. The number of nitrogens with one attached hydrogen (secondary N) is 1. The Morgan fingerprint density at radius 2 is 1.65 bits per heavy atom. The Balaban J connectivity index is 1.67. The lowest BCUT2D eigenvalue weighted by atomic mass is 10.0. The Hall–Kier alpha value is -3.20. The molecule has 0 radical (unpaired) electrons. The number of likely N-dealkylation sites (N-methyl/N-ethyl adjacent to an activating group) is 1. The SMILES string of the molecule is Cc1ccc(S(=O)(=O)Nc2ccc3c(c2)C(=O)N([C@H](C)CO)C[C@@H](C)[C@@H](CN(C)S(=O)(=O)c2ccc(Cl)cc2)OCCCC[C@H](C)O3)cc1. The highest BCUT2D eigenvalue weighted by Gasteiger charge is 2.32. The van der Waals surface area contributed by atoms with Gasteiger partial charge in [0, 0.05) is 43.4 Å². The average Bonchev–Trinajstić information content (AvgIpc) is 3.06. The summed E-state index contributed by atoms with van der Waals surface area (Å²) in [7, 11) is -6.35. The van der Waals surface area contributed by atoms with E-state index in [1.54, 1.807) is 31.2 Å². The molecule has 0 fully saturated rings. The van der Waals surface area contributed by atoms with Gasteiger partial charge in [-0.2, -0.15) is 4.31 Å². The number of aliphatic hydroxyl groups is 1. The van der Waals surface area contributed by atoms with Gasteiger partial charge in [0.1, 0.15) is 5.75 Å². The molecule has 11 nitrogen and oxygen atoms in total. The van der Waals surface area contributed by atoms with Crippen LogP contribution >= 0.6 is 11.6 Å². The van der Waals surface area contributed by atoms with Crippen LogP contribution in [0.25, 0.3) is 0 Å². The second kappa shape index (κ2) is 16.7. The molecule has 4 atom stereocenters. The summed E-state index contributed by atoms with van der Waals surface area (Å²) in [6, 6.07) is 16.3. The molecular weight excluding hydrogens is 690 g/mol. The van der Waals surface area contributed by atoms with Crippen molar-refractivity contribution >= 4 is 43.2 Å². The maximum Gasteiger partial charge on any atom is 0.261 e. The molecular formula is C35H46ClN3O8S2. The monoisotopic (exact) mass is 735 g/mol. The van der Waals surface area contributed by atoms with Crippen LogP contribution < -0.4 is 9.46 Å². The highest BCUT2D eigenvalue weighted by Crippen LogP contribution is 2.30. The standard InChI is InChI=1S/C35H46ClN3O8S2/c1-24-9-14-30(15-10-24)48(42,43)37-29-13-18-33-32(20-29)35(41)39(26(3)23-40)21-25(2)34(46-19-7-6-8-27(4)47-33)22-38(5)49(44,45)31-16-11-28(36)12-17-31/h9-18,20,25-27,34,37,40H,6-8,19,21-23H2,1-5H3/t25-,26-,27+,34-/m1/s1. The number of rotatable bonds is 9. The summed E-state index contributed by atoms with van der Waals surface area (Å²) in [6.45, 7) is 7.48. The molecule has 0 spiro atoms. The van der Waals surface area contributed by atoms with Gasteiger partial charge < -0.3 is 19.5 Å². The molecule has 0 aromatic heterocycles. The molecule has 1 aliphatic rings. The van der Waals surface area contributed by atoms with Crippen molar-refractivity contribution in [2.24, 2.45) is 5.92 Å². The van der Waals surface area contributed by atoms with E-state index < -0.39 is 38.1 Å². The van der Waals surface area contributed by atoms with Crippen molar-refractivity contribution in [2.75, 3.05) is 38.1 Å². The first kappa shape index (κ1) is 38.6. The third-order valence-corrected chi connectivity index (χ3v) is 12.1. The molecule has 3 aromatic carbocycles. The highest BCUT2D eigenvalue weighted by atomic mass is 35.5. The van der Waals surface area contributed by atoms with Crippen LogP contribution in [0.1, 0.15) is 56.0 Å². The number of amides is 1. The van der Waals surface area contributed by atoms with Gasteiger partial charge in [0.2, 0.25) is 10.0 Å². The van der Waals surface area contributed by atoms with Crippen molar-refractivity contribution in [3.8, 4) is 5.75 Å². The summed E-state index contributed by atoms with van der Waals surface area (Å²) in [4.78, 5) is 16.0. The Morgan fingerprint density at radius 3 is 2.31 bits per heavy atom. The number of carbonyl (C=O) groups excluding carboxylic acids is 1. The van der Waals surface area contributed by atoms with Gasteiger partial charge in [0.05, 0.1) is 40.2 Å². The summed E-state index contributed by atoms with van der Waals surface area (Å²) in [5, 5.41) is 10.6. The number of nitrogens with zero attached hydrogens (tertiary/aromatic N) is 2. The number of sulfonamides is 2. The molecule has 0 aliphatic carbocycles. The van der Waals surface area contributed by atoms with Gasteiger partial charge in [-0.25, -0.2) is 16.8 Å². The van der Waals surface area contributed by atoms with Crippen LogP contribution in [-0.2, 0) is 24.8 Å². The molecule has 2 N–H and O–H groups in total. The van der Waals surface area contributed by atoms with Gasteiger partial charge >= 0.3 is 0 Å². The molecule has 268 valence electrons. The molecule has 4 rings (SSSR count). The summed E-state index contributed by atoms with van der Waals surface area (Å²) < 4.78 is 69.6. The number of aliphatic hydroxyl groups excluding tert-OH is 1. The molecule has 1 amide bonds. The Labute approximate surface area is 295 Å². The lowest BCUT2D eigenvalue weighted by Gasteiger charge is -2.35. The smallest absolute Gasteiger partial charge is 0.261 e. The van der Waals surface area contributed by atoms with Crippen LogP contribution in [0.15, 0.2) is 76.5 Å². The minimum atomic E-state index is -3.96. The van der Waals surface area contributed by atoms with Gasteiger partial charge in [-0.1, -0.05) is 36.2 Å². The van der Waals surface area contributed by atoms with E-state index >= 15 is 0 Å². The van der Waals surface area contributed by atoms with E-state index in [1.807, 2.05) is 20.8 Å². The minimum Gasteiger partial charge on any atom is -0.490 e. The van der Waals surface area contributed by atoms with E-state index in [-0.39, 0.29) is 58.5 Å². The van der Waals surface area contributed by atoms with Crippen LogP contribution in [-0.4, -0.2) is 88.7 Å². The molecule has 1 aliphatic heterocycles. The Morgan fingerprint density at radius 1 is 1.00 bits per heavy atom. The van der Waals surface area contributed by atoms with Crippen molar-refractivity contribution in [1.82, 2.24) is 9.21 Å². The maximum atomic E-state index is 14.4. The van der Waals surface area contributed by atoms with Crippen LogP contribution in [0.3, 0.4) is 0 Å². The van der Waals surface area contributed by atoms with Crippen LogP contribution in [0.4, 0.5) is 5.69 Å². The number of carbonyl (C=O) groups is 1. The van der Waals surface area contributed by atoms with Gasteiger partial charge in [0.25, 0.3) is 15.9 Å². The van der Waals surface area contributed by atoms with E-state index in [2.05, 4.69) is 4.72 Å². The first-order valence-corrected chi connectivity index (χ1v) is 19.6. The molecule has 0 bridgehead atoms. The number of benzene rings is 3. The topological polar surface area (TPSA) is 143 Å². The van der Waals surface area contributed by atoms with E-state index in [1.165, 1.54) is 58.7 Å². The normalized spacial score (nSPS) is 20.6. The summed E-state index contributed by atoms with van der Waals surface area (Å²) in [6.07, 6.45) is 1.23. The molecule has 0 saturated carbocycles. The summed E-state index contributed by atoms with van der Waals surface area (Å²) >= 11 is 5.98. The number of halogens is 1. The Bertz CT molecular complexity index is 1790. The third kappa shape index (κ3) is 9.95. The van der Waals surface area contributed by atoms with Crippen molar-refractivity contribution in [1.29, 1.82) is 0 Å². The van der Waals surface area contributed by atoms with Crippen molar-refractivity contribution < 1.29 is 36.2 Å². The number of fused-ring (bicyclic) bond motifs is 1. The second-order valence-corrected chi connectivity index (χ2v) is 16.8. The van der Waals surface area contributed by atoms with Crippen LogP contribution in [0.2, 0.25) is 5.02 Å². The van der Waals surface area contributed by atoms with Gasteiger partial charge in [-0.15, -0.1) is 0 Å². The van der Waals surface area contributed by atoms with Gasteiger partial charge in [-0.3, -0.25) is 9.52 Å². The van der Waals surface area contributed by atoms with E-state index in [0.29, 0.717) is 24.5 Å². The van der Waals surface area contributed by atoms with Gasteiger partial charge in [-0.05, 0) is 94.6 Å². The fourth-order valence-corrected chi connectivity index (χ4v) is 7.88. The first-order chi connectivity index (χ1) is 23.1. The minimum absolute atomic E-state index is 0.0166. The average molecular weight is 736 g/mol. The van der Waals surface area contributed by atoms with Gasteiger partial charge in [0.15, 0.2) is 0 Å². The second-order valence-electron chi connectivity index (χ2n) is 12.7. The number of anilines is 1. The number of ether oxygens (including phenoxy) is 2. The van der Waals surface area contributed by atoms with Crippen molar-refractivity contribution in [3.63, 3.8) is 0 Å². The molecule has 49 heavy (non-hydrogen) atoms. The fourth-order valence-electron chi connectivity index (χ4n) is 5.52. The predicted molar refractivity (Wildman–Crippen MR) is 190 cm³/mol.